The predicted molar refractivity (Wildman–Crippen MR) is 118 cm³/mol. The Morgan fingerprint density at radius 3 is 1.97 bits per heavy atom. The molecule has 0 saturated heterocycles. The second-order valence-electron chi connectivity index (χ2n) is 7.53. The lowest BCUT2D eigenvalue weighted by Gasteiger charge is -2.12. The zero-order valence-corrected chi connectivity index (χ0v) is 18.9. The lowest BCUT2D eigenvalue weighted by Crippen LogP contribution is -2.31. The van der Waals surface area contributed by atoms with Gasteiger partial charge >= 0.3 is 17.9 Å². The third kappa shape index (κ3) is 17.0. The molecule has 172 valence electrons. The topological polar surface area (TPSA) is 89.9 Å². The third-order valence-corrected chi connectivity index (χ3v) is 4.51. The third-order valence-electron chi connectivity index (χ3n) is 4.51. The van der Waals surface area contributed by atoms with Gasteiger partial charge in [-0.1, -0.05) is 63.3 Å². The summed E-state index contributed by atoms with van der Waals surface area (Å²) in [5, 5.41) is 9.04. The molecule has 0 aliphatic rings. The molecular formula is C24H40O6. The van der Waals surface area contributed by atoms with E-state index in [-0.39, 0.29) is 6.42 Å². The van der Waals surface area contributed by atoms with Crippen molar-refractivity contribution in [3.05, 3.63) is 24.3 Å². The van der Waals surface area contributed by atoms with Crippen LogP contribution in [0.15, 0.2) is 24.3 Å². The highest BCUT2D eigenvalue weighted by atomic mass is 16.6. The number of unbranched alkanes of at least 4 members (excludes halogenated alkanes) is 8. The Morgan fingerprint density at radius 2 is 1.37 bits per heavy atom. The van der Waals surface area contributed by atoms with Gasteiger partial charge in [-0.05, 0) is 52.4 Å². The van der Waals surface area contributed by atoms with Crippen molar-refractivity contribution in [3.63, 3.8) is 0 Å². The minimum absolute atomic E-state index is 0.160. The Kier molecular flexibility index (Phi) is 17.8. The van der Waals surface area contributed by atoms with Crippen LogP contribution in [0.25, 0.3) is 0 Å². The first kappa shape index (κ1) is 28.1. The van der Waals surface area contributed by atoms with Gasteiger partial charge in [-0.2, -0.15) is 0 Å². The van der Waals surface area contributed by atoms with E-state index in [1.165, 1.54) is 39.5 Å². The van der Waals surface area contributed by atoms with Crippen LogP contribution in [0, 0.1) is 0 Å². The van der Waals surface area contributed by atoms with Crippen molar-refractivity contribution < 1.29 is 29.0 Å². The van der Waals surface area contributed by atoms with Crippen molar-refractivity contribution in [1.29, 1.82) is 0 Å². The summed E-state index contributed by atoms with van der Waals surface area (Å²) in [7, 11) is 0. The monoisotopic (exact) mass is 424 g/mol. The van der Waals surface area contributed by atoms with Crippen molar-refractivity contribution in [1.82, 2.24) is 0 Å². The highest BCUT2D eigenvalue weighted by Gasteiger charge is 2.23. The Balaban J connectivity index is 3.61. The normalized spacial score (nSPS) is 13.5. The average molecular weight is 425 g/mol. The van der Waals surface area contributed by atoms with Crippen molar-refractivity contribution in [3.8, 4) is 0 Å². The highest BCUT2D eigenvalue weighted by molar-refractivity contribution is 5.89. The summed E-state index contributed by atoms with van der Waals surface area (Å²) in [5.41, 5.74) is 0. The maximum atomic E-state index is 11.7. The Bertz CT molecular complexity index is 536. The van der Waals surface area contributed by atoms with E-state index < -0.39 is 30.1 Å². The maximum Gasteiger partial charge on any atom is 0.354 e. The lowest BCUT2D eigenvalue weighted by atomic mass is 10.1. The van der Waals surface area contributed by atoms with E-state index in [1.54, 1.807) is 0 Å². The van der Waals surface area contributed by atoms with Gasteiger partial charge in [0.25, 0.3) is 0 Å². The first-order chi connectivity index (χ1) is 14.4. The van der Waals surface area contributed by atoms with Crippen LogP contribution in [0.4, 0.5) is 0 Å². The molecule has 0 aliphatic carbocycles. The summed E-state index contributed by atoms with van der Waals surface area (Å²) in [4.78, 5) is 34.5. The number of ether oxygens (including phenoxy) is 2. The molecule has 0 aromatic carbocycles. The number of esters is 3. The second-order valence-corrected chi connectivity index (χ2v) is 7.53. The molecule has 2 unspecified atom stereocenters. The molecule has 0 saturated carbocycles. The molecule has 0 spiro atoms. The van der Waals surface area contributed by atoms with Gasteiger partial charge < -0.3 is 14.6 Å². The molecular weight excluding hydrogens is 384 g/mol. The number of hydrogen-bond donors (Lipinski definition) is 1. The highest BCUT2D eigenvalue weighted by Crippen LogP contribution is 2.09. The van der Waals surface area contributed by atoms with Gasteiger partial charge in [-0.25, -0.2) is 9.59 Å². The van der Waals surface area contributed by atoms with Crippen LogP contribution in [-0.2, 0) is 23.9 Å². The molecule has 30 heavy (non-hydrogen) atoms. The Labute approximate surface area is 181 Å². The van der Waals surface area contributed by atoms with Gasteiger partial charge in [-0.15, -0.1) is 0 Å². The molecule has 0 radical (unpaired) electrons. The van der Waals surface area contributed by atoms with E-state index in [4.69, 9.17) is 5.11 Å². The second kappa shape index (κ2) is 19.0. The minimum atomic E-state index is -1.33. The van der Waals surface area contributed by atoms with E-state index in [9.17, 15) is 14.4 Å². The van der Waals surface area contributed by atoms with Gasteiger partial charge in [-0.3, -0.25) is 4.79 Å². The van der Waals surface area contributed by atoms with Crippen LogP contribution in [0.1, 0.15) is 97.8 Å². The fourth-order valence-corrected chi connectivity index (χ4v) is 2.65. The van der Waals surface area contributed by atoms with Gasteiger partial charge in [0.2, 0.25) is 0 Å². The Morgan fingerprint density at radius 1 is 0.800 bits per heavy atom. The fraction of sp³-hybridized carbons (Fsp3) is 0.708. The van der Waals surface area contributed by atoms with Gasteiger partial charge in [0.05, 0.1) is 0 Å². The summed E-state index contributed by atoms with van der Waals surface area (Å²) >= 11 is 0. The van der Waals surface area contributed by atoms with E-state index in [2.05, 4.69) is 40.7 Å². The van der Waals surface area contributed by atoms with Crippen LogP contribution in [0.2, 0.25) is 0 Å². The number of allylic oxidation sites excluding steroid dienone is 4. The van der Waals surface area contributed by atoms with E-state index >= 15 is 0 Å². The zero-order valence-electron chi connectivity index (χ0n) is 18.9. The number of aliphatic hydroxyl groups is 1. The zero-order chi connectivity index (χ0) is 22.6. The molecule has 0 heterocycles. The van der Waals surface area contributed by atoms with Crippen LogP contribution < -0.4 is 0 Å². The molecule has 0 aromatic heterocycles. The smallest absolute Gasteiger partial charge is 0.354 e. The van der Waals surface area contributed by atoms with Crippen molar-refractivity contribution in [2.75, 3.05) is 0 Å². The molecule has 0 aromatic rings. The molecule has 0 amide bonds. The molecule has 0 rings (SSSR count). The molecule has 6 nitrogen and oxygen atoms in total. The fourth-order valence-electron chi connectivity index (χ4n) is 2.65. The molecule has 0 aliphatic heterocycles. The molecule has 0 fully saturated rings. The van der Waals surface area contributed by atoms with Crippen LogP contribution in [0.5, 0.6) is 0 Å². The van der Waals surface area contributed by atoms with Crippen molar-refractivity contribution in [2.24, 2.45) is 0 Å². The number of rotatable bonds is 17. The quantitative estimate of drug-likeness (QED) is 0.150. The SMILES string of the molecule is CCCCCC=CCC=CCCCCCCCC(=O)OC(=O)C(C)OC(=O)C(C)O. The minimum Gasteiger partial charge on any atom is -0.449 e. The largest absolute Gasteiger partial charge is 0.449 e. The van der Waals surface area contributed by atoms with E-state index in [0.29, 0.717) is 6.42 Å². The lowest BCUT2D eigenvalue weighted by molar-refractivity contribution is -0.176. The molecule has 0 bridgehead atoms. The predicted octanol–water partition coefficient (Wildman–Crippen LogP) is 5.18. The summed E-state index contributed by atoms with van der Waals surface area (Å²) in [6.45, 7) is 4.75. The molecule has 1 N–H and O–H groups in total. The van der Waals surface area contributed by atoms with Crippen LogP contribution in [0.3, 0.4) is 0 Å². The number of carbonyl (C=O) groups is 3. The van der Waals surface area contributed by atoms with Gasteiger partial charge in [0.1, 0.15) is 6.10 Å². The van der Waals surface area contributed by atoms with Gasteiger partial charge in [0, 0.05) is 6.42 Å². The summed E-state index contributed by atoms with van der Waals surface area (Å²) in [5.74, 6) is -2.47. The van der Waals surface area contributed by atoms with Crippen molar-refractivity contribution >= 4 is 17.9 Å². The molecule has 2 atom stereocenters. The van der Waals surface area contributed by atoms with Crippen LogP contribution in [-0.4, -0.2) is 35.2 Å². The summed E-state index contributed by atoms with van der Waals surface area (Å²) in [6, 6.07) is 0. The number of aliphatic hydroxyl groups excluding tert-OH is 1. The van der Waals surface area contributed by atoms with Crippen molar-refractivity contribution in [2.45, 2.75) is 110 Å². The number of carbonyl (C=O) groups excluding carboxylic acids is 3. The van der Waals surface area contributed by atoms with Gasteiger partial charge in [0.15, 0.2) is 6.10 Å². The first-order valence-corrected chi connectivity index (χ1v) is 11.3. The van der Waals surface area contributed by atoms with E-state index in [1.807, 2.05) is 0 Å². The average Bonchev–Trinajstić information content (AvgIpc) is 2.70. The first-order valence-electron chi connectivity index (χ1n) is 11.3. The molecule has 6 heteroatoms. The summed E-state index contributed by atoms with van der Waals surface area (Å²) in [6.07, 6.45) is 18.5. The Hall–Kier alpha value is -1.95. The summed E-state index contributed by atoms with van der Waals surface area (Å²) < 4.78 is 9.34. The maximum absolute atomic E-state index is 11.7. The number of hydrogen-bond acceptors (Lipinski definition) is 6. The van der Waals surface area contributed by atoms with Crippen LogP contribution >= 0.6 is 0 Å². The standard InChI is InChI=1S/C24H40O6/c1-4-5-6-7-8-9-10-11-12-13-14-15-16-17-18-19-22(26)30-24(28)21(3)29-23(27)20(2)25/h8-9,11-12,20-21,25H,4-7,10,13-19H2,1-3H3. The van der Waals surface area contributed by atoms with E-state index in [0.717, 1.165) is 38.5 Å².